The monoisotopic (exact) mass is 283 g/mol. The molecule has 0 radical (unpaired) electrons. The molecule has 0 aromatic carbocycles. The molecule has 1 aliphatic carbocycles. The van der Waals surface area contributed by atoms with E-state index in [2.05, 4.69) is 5.32 Å². The van der Waals surface area contributed by atoms with Crippen LogP contribution in [-0.2, 0) is 9.53 Å². The number of rotatable bonds is 4. The Kier molecular flexibility index (Phi) is 4.18. The standard InChI is InChI=1S/C16H29NO3/c1-14(2,13(18)19)15(3,4)17-12-7-10-20-16(11-12)8-5-6-9-16/h12,17H,5-11H2,1-4H3,(H,18,19). The van der Waals surface area contributed by atoms with Crippen molar-refractivity contribution in [2.24, 2.45) is 5.41 Å². The van der Waals surface area contributed by atoms with Gasteiger partial charge < -0.3 is 15.2 Å². The number of nitrogens with one attached hydrogen (secondary N) is 1. The van der Waals surface area contributed by atoms with Gasteiger partial charge in [0.15, 0.2) is 0 Å². The second-order valence-corrected chi connectivity index (χ2v) is 7.63. The lowest BCUT2D eigenvalue weighted by molar-refractivity contribution is -0.152. The highest BCUT2D eigenvalue weighted by Crippen LogP contribution is 2.41. The molecule has 2 rings (SSSR count). The Hall–Kier alpha value is -0.610. The van der Waals surface area contributed by atoms with E-state index in [0.717, 1.165) is 32.3 Å². The molecule has 1 atom stereocenters. The minimum atomic E-state index is -0.797. The van der Waals surface area contributed by atoms with Gasteiger partial charge in [0, 0.05) is 18.2 Å². The lowest BCUT2D eigenvalue weighted by Crippen LogP contribution is -2.60. The van der Waals surface area contributed by atoms with Crippen molar-refractivity contribution in [2.45, 2.75) is 83.4 Å². The Morgan fingerprint density at radius 2 is 1.85 bits per heavy atom. The second-order valence-electron chi connectivity index (χ2n) is 7.63. The van der Waals surface area contributed by atoms with Crippen molar-refractivity contribution in [1.29, 1.82) is 0 Å². The normalized spacial score (nSPS) is 26.9. The van der Waals surface area contributed by atoms with Crippen LogP contribution >= 0.6 is 0 Å². The number of ether oxygens (including phenoxy) is 1. The van der Waals surface area contributed by atoms with Crippen molar-refractivity contribution >= 4 is 5.97 Å². The minimum Gasteiger partial charge on any atom is -0.481 e. The van der Waals surface area contributed by atoms with Gasteiger partial charge in [0.25, 0.3) is 0 Å². The highest BCUT2D eigenvalue weighted by Gasteiger charge is 2.47. The van der Waals surface area contributed by atoms with E-state index in [1.54, 1.807) is 13.8 Å². The topological polar surface area (TPSA) is 58.6 Å². The lowest BCUT2D eigenvalue weighted by Gasteiger charge is -2.46. The third-order valence-corrected chi connectivity index (χ3v) is 5.67. The first-order chi connectivity index (χ1) is 9.19. The van der Waals surface area contributed by atoms with Crippen LogP contribution in [0.3, 0.4) is 0 Å². The number of hydrogen-bond acceptors (Lipinski definition) is 3. The molecule has 4 heteroatoms. The third kappa shape index (κ3) is 2.86. The smallest absolute Gasteiger partial charge is 0.310 e. The van der Waals surface area contributed by atoms with Gasteiger partial charge in [-0.15, -0.1) is 0 Å². The van der Waals surface area contributed by atoms with Gasteiger partial charge in [-0.1, -0.05) is 12.8 Å². The zero-order valence-corrected chi connectivity index (χ0v) is 13.3. The van der Waals surface area contributed by atoms with E-state index in [9.17, 15) is 9.90 Å². The summed E-state index contributed by atoms with van der Waals surface area (Å²) in [6.07, 6.45) is 6.84. The van der Waals surface area contributed by atoms with Gasteiger partial charge in [-0.25, -0.2) is 0 Å². The maximum Gasteiger partial charge on any atom is 0.310 e. The summed E-state index contributed by atoms with van der Waals surface area (Å²) in [5.41, 5.74) is -1.17. The van der Waals surface area contributed by atoms with Gasteiger partial charge >= 0.3 is 5.97 Å². The first-order valence-corrected chi connectivity index (χ1v) is 7.84. The van der Waals surface area contributed by atoms with Crippen molar-refractivity contribution < 1.29 is 14.6 Å². The molecule has 4 nitrogen and oxygen atoms in total. The summed E-state index contributed by atoms with van der Waals surface area (Å²) < 4.78 is 6.05. The molecular formula is C16H29NO3. The van der Waals surface area contributed by atoms with Crippen LogP contribution in [0.2, 0.25) is 0 Å². The van der Waals surface area contributed by atoms with E-state index in [0.29, 0.717) is 6.04 Å². The van der Waals surface area contributed by atoms with Crippen LogP contribution in [0.15, 0.2) is 0 Å². The fourth-order valence-corrected chi connectivity index (χ4v) is 3.48. The van der Waals surface area contributed by atoms with Gasteiger partial charge in [0.1, 0.15) is 0 Å². The molecule has 0 bridgehead atoms. The van der Waals surface area contributed by atoms with Crippen LogP contribution < -0.4 is 5.32 Å². The summed E-state index contributed by atoms with van der Waals surface area (Å²) in [7, 11) is 0. The van der Waals surface area contributed by atoms with Crippen LogP contribution in [-0.4, -0.2) is 34.9 Å². The summed E-state index contributed by atoms with van der Waals surface area (Å²) >= 11 is 0. The van der Waals surface area contributed by atoms with Crippen molar-refractivity contribution in [1.82, 2.24) is 5.32 Å². The van der Waals surface area contributed by atoms with Gasteiger partial charge in [0.2, 0.25) is 0 Å². The minimum absolute atomic E-state index is 0.0688. The maximum atomic E-state index is 11.5. The average Bonchev–Trinajstić information content (AvgIpc) is 2.76. The first kappa shape index (κ1) is 15.8. The molecule has 1 spiro atoms. The molecule has 1 aliphatic heterocycles. The Labute approximate surface area is 122 Å². The predicted molar refractivity (Wildman–Crippen MR) is 78.8 cm³/mol. The van der Waals surface area contributed by atoms with E-state index in [1.807, 2.05) is 13.8 Å². The number of carbonyl (C=O) groups is 1. The number of carboxylic acid groups (broad SMARTS) is 1. The summed E-state index contributed by atoms with van der Waals surface area (Å²) in [5, 5.41) is 13.1. The zero-order chi connectivity index (χ0) is 15.0. The van der Waals surface area contributed by atoms with Crippen molar-refractivity contribution in [3.8, 4) is 0 Å². The van der Waals surface area contributed by atoms with Crippen molar-refractivity contribution in [3.63, 3.8) is 0 Å². The van der Waals surface area contributed by atoms with Crippen LogP contribution in [0.1, 0.15) is 66.2 Å². The fourth-order valence-electron chi connectivity index (χ4n) is 3.48. The molecule has 116 valence electrons. The molecule has 2 fully saturated rings. The molecular weight excluding hydrogens is 254 g/mol. The Morgan fingerprint density at radius 3 is 2.40 bits per heavy atom. The van der Waals surface area contributed by atoms with Gasteiger partial charge in [0.05, 0.1) is 11.0 Å². The summed E-state index contributed by atoms with van der Waals surface area (Å²) in [5.74, 6) is -0.752. The Bertz CT molecular complexity index is 370. The first-order valence-electron chi connectivity index (χ1n) is 7.84. The number of hydrogen-bond donors (Lipinski definition) is 2. The van der Waals surface area contributed by atoms with Crippen LogP contribution in [0.4, 0.5) is 0 Å². The van der Waals surface area contributed by atoms with Gasteiger partial charge in [-0.2, -0.15) is 0 Å². The number of carboxylic acids is 1. The molecule has 2 N–H and O–H groups in total. The summed E-state index contributed by atoms with van der Waals surface area (Å²) in [6, 6.07) is 0.357. The fraction of sp³-hybridized carbons (Fsp3) is 0.938. The zero-order valence-electron chi connectivity index (χ0n) is 13.3. The van der Waals surface area contributed by atoms with E-state index in [-0.39, 0.29) is 5.60 Å². The van der Waals surface area contributed by atoms with Gasteiger partial charge in [-0.3, -0.25) is 4.79 Å². The lowest BCUT2D eigenvalue weighted by atomic mass is 9.73. The van der Waals surface area contributed by atoms with E-state index >= 15 is 0 Å². The molecule has 0 aromatic heterocycles. The second kappa shape index (κ2) is 5.30. The quantitative estimate of drug-likeness (QED) is 0.833. The SMILES string of the molecule is CC(C)(NC1CCOC2(CCCC2)C1)C(C)(C)C(=O)O. The Balaban J connectivity index is 2.03. The Morgan fingerprint density at radius 1 is 1.25 bits per heavy atom. The largest absolute Gasteiger partial charge is 0.481 e. The maximum absolute atomic E-state index is 11.5. The molecule has 0 amide bonds. The number of aliphatic carboxylic acids is 1. The highest BCUT2D eigenvalue weighted by atomic mass is 16.5. The highest BCUT2D eigenvalue weighted by molar-refractivity contribution is 5.75. The predicted octanol–water partition coefficient (Wildman–Crippen LogP) is 2.96. The van der Waals surface area contributed by atoms with Crippen molar-refractivity contribution in [2.75, 3.05) is 6.61 Å². The molecule has 1 saturated heterocycles. The molecule has 1 heterocycles. The van der Waals surface area contributed by atoms with Gasteiger partial charge in [-0.05, 0) is 53.4 Å². The molecule has 20 heavy (non-hydrogen) atoms. The summed E-state index contributed by atoms with van der Waals surface area (Å²) in [6.45, 7) is 8.39. The molecule has 1 saturated carbocycles. The van der Waals surface area contributed by atoms with E-state index in [1.165, 1.54) is 12.8 Å². The average molecular weight is 283 g/mol. The van der Waals surface area contributed by atoms with E-state index < -0.39 is 16.9 Å². The van der Waals surface area contributed by atoms with Crippen LogP contribution in [0.25, 0.3) is 0 Å². The molecule has 0 aromatic rings. The molecule has 2 aliphatic rings. The summed E-state index contributed by atoms with van der Waals surface area (Å²) in [4.78, 5) is 11.5. The van der Waals surface area contributed by atoms with E-state index in [4.69, 9.17) is 4.74 Å². The molecule has 1 unspecified atom stereocenters. The van der Waals surface area contributed by atoms with Crippen LogP contribution in [0.5, 0.6) is 0 Å². The van der Waals surface area contributed by atoms with Crippen molar-refractivity contribution in [3.05, 3.63) is 0 Å². The van der Waals surface area contributed by atoms with Crippen LogP contribution in [0, 0.1) is 5.41 Å². The third-order valence-electron chi connectivity index (χ3n) is 5.67.